The van der Waals surface area contributed by atoms with Gasteiger partial charge in [-0.3, -0.25) is 9.69 Å². The second-order valence-corrected chi connectivity index (χ2v) is 8.97. The van der Waals surface area contributed by atoms with Gasteiger partial charge in [0.05, 0.1) is 23.1 Å². The predicted octanol–water partition coefficient (Wildman–Crippen LogP) is 3.87. The van der Waals surface area contributed by atoms with E-state index in [2.05, 4.69) is 0 Å². The van der Waals surface area contributed by atoms with Crippen molar-refractivity contribution in [2.24, 2.45) is 5.92 Å². The number of carbonyl (C=O) groups is 1. The second kappa shape index (κ2) is 6.36. The van der Waals surface area contributed by atoms with Crippen LogP contribution < -0.4 is 0 Å². The van der Waals surface area contributed by atoms with E-state index in [0.717, 1.165) is 46.7 Å². The van der Waals surface area contributed by atoms with Gasteiger partial charge in [-0.2, -0.15) is 0 Å². The molecule has 134 valence electrons. The minimum absolute atomic E-state index is 0.0109. The third-order valence-electron chi connectivity index (χ3n) is 5.69. The average Bonchev–Trinajstić information content (AvgIpc) is 2.95. The van der Waals surface area contributed by atoms with Crippen molar-refractivity contribution in [2.75, 3.05) is 6.61 Å². The van der Waals surface area contributed by atoms with Crippen molar-refractivity contribution in [3.05, 3.63) is 40.4 Å². The zero-order chi connectivity index (χ0) is 17.6. The van der Waals surface area contributed by atoms with Gasteiger partial charge in [-0.15, -0.1) is 0 Å². The van der Waals surface area contributed by atoms with Crippen LogP contribution in [0.3, 0.4) is 0 Å². The van der Waals surface area contributed by atoms with Crippen molar-refractivity contribution in [1.82, 2.24) is 4.90 Å². The molecule has 0 aromatic heterocycles. The van der Waals surface area contributed by atoms with Crippen LogP contribution >= 0.6 is 0 Å². The van der Waals surface area contributed by atoms with Crippen LogP contribution in [0.5, 0.6) is 0 Å². The lowest BCUT2D eigenvalue weighted by atomic mass is 9.88. The number of rotatable bonds is 2. The summed E-state index contributed by atoms with van der Waals surface area (Å²) in [7, 11) is -1.25. The maximum Gasteiger partial charge on any atom is 0.229 e. The molecular formula is C20H25NO3S. The monoisotopic (exact) mass is 359 g/mol. The maximum absolute atomic E-state index is 13.3. The maximum atomic E-state index is 13.3. The number of ether oxygens (including phenoxy) is 1. The smallest absolute Gasteiger partial charge is 0.229 e. The Balaban J connectivity index is 1.76. The molecule has 1 saturated heterocycles. The van der Waals surface area contributed by atoms with E-state index in [1.807, 2.05) is 43.0 Å². The lowest BCUT2D eigenvalue weighted by Gasteiger charge is -2.42. The fourth-order valence-electron chi connectivity index (χ4n) is 4.42. The third-order valence-corrected chi connectivity index (χ3v) is 7.42. The van der Waals surface area contributed by atoms with Crippen LogP contribution in [-0.2, 0) is 20.3 Å². The topological polar surface area (TPSA) is 46.6 Å². The summed E-state index contributed by atoms with van der Waals surface area (Å²) < 4.78 is 19.5. The molecule has 2 fully saturated rings. The van der Waals surface area contributed by atoms with Crippen LogP contribution in [0.15, 0.2) is 39.8 Å². The van der Waals surface area contributed by atoms with E-state index >= 15 is 0 Å². The molecule has 0 N–H and O–H groups in total. The molecule has 2 atom stereocenters. The van der Waals surface area contributed by atoms with E-state index in [1.165, 1.54) is 6.42 Å². The zero-order valence-electron chi connectivity index (χ0n) is 14.9. The molecule has 0 bridgehead atoms. The van der Waals surface area contributed by atoms with Gasteiger partial charge in [0.2, 0.25) is 5.91 Å². The Hall–Kier alpha value is -1.46. The summed E-state index contributed by atoms with van der Waals surface area (Å²) >= 11 is 0. The van der Waals surface area contributed by atoms with Crippen molar-refractivity contribution >= 4 is 16.7 Å². The minimum Gasteiger partial charge on any atom is -0.349 e. The van der Waals surface area contributed by atoms with Gasteiger partial charge in [-0.25, -0.2) is 4.21 Å². The van der Waals surface area contributed by atoms with Gasteiger partial charge in [-0.05, 0) is 44.7 Å². The number of carbonyl (C=O) groups excluding carboxylic acids is 1. The van der Waals surface area contributed by atoms with Gasteiger partial charge in [-0.1, -0.05) is 31.0 Å². The Kier molecular flexibility index (Phi) is 4.32. The van der Waals surface area contributed by atoms with Crippen LogP contribution in [0.4, 0.5) is 0 Å². The number of fused-ring (bicyclic) bond motifs is 2. The van der Waals surface area contributed by atoms with E-state index in [9.17, 15) is 9.00 Å². The van der Waals surface area contributed by atoms with Crippen molar-refractivity contribution in [3.63, 3.8) is 0 Å². The molecule has 2 aliphatic heterocycles. The number of benzene rings is 1. The van der Waals surface area contributed by atoms with E-state index in [1.54, 1.807) is 0 Å². The highest BCUT2D eigenvalue weighted by molar-refractivity contribution is 7.89. The molecule has 1 aromatic rings. The van der Waals surface area contributed by atoms with Crippen LogP contribution in [-0.4, -0.2) is 27.3 Å². The number of aryl methyl sites for hydroxylation is 1. The van der Waals surface area contributed by atoms with Crippen LogP contribution in [0.1, 0.15) is 51.0 Å². The van der Waals surface area contributed by atoms with E-state index in [4.69, 9.17) is 4.74 Å². The molecular weight excluding hydrogens is 334 g/mol. The highest BCUT2D eigenvalue weighted by Crippen LogP contribution is 2.47. The molecule has 0 radical (unpaired) electrons. The first-order valence-corrected chi connectivity index (χ1v) is 10.4. The number of hydrogen-bond donors (Lipinski definition) is 0. The average molecular weight is 359 g/mol. The summed E-state index contributed by atoms with van der Waals surface area (Å²) in [5, 5.41) is 0. The quantitative estimate of drug-likeness (QED) is 0.805. The summed E-state index contributed by atoms with van der Waals surface area (Å²) in [4.78, 5) is 16.4. The van der Waals surface area contributed by atoms with Crippen LogP contribution in [0.25, 0.3) is 0 Å². The molecule has 1 spiro atoms. The molecule has 4 nitrogen and oxygen atoms in total. The number of hydrogen-bond acceptors (Lipinski definition) is 3. The molecule has 1 amide bonds. The fourth-order valence-corrected chi connectivity index (χ4v) is 5.87. The van der Waals surface area contributed by atoms with E-state index in [-0.39, 0.29) is 11.8 Å². The van der Waals surface area contributed by atoms with Gasteiger partial charge in [0.15, 0.2) is 0 Å². The molecule has 4 rings (SSSR count). The molecule has 1 aromatic carbocycles. The van der Waals surface area contributed by atoms with Crippen LogP contribution in [0, 0.1) is 12.8 Å². The number of nitrogens with zero attached hydrogens (tertiary/aromatic N) is 1. The summed E-state index contributed by atoms with van der Waals surface area (Å²) in [5.41, 5.74) is 1.54. The summed E-state index contributed by atoms with van der Waals surface area (Å²) in [6.07, 6.45) is 5.57. The third kappa shape index (κ3) is 2.77. The zero-order valence-corrected chi connectivity index (χ0v) is 15.7. The normalized spacial score (nSPS) is 26.9. The van der Waals surface area contributed by atoms with Crippen molar-refractivity contribution < 1.29 is 13.7 Å². The number of amides is 1. The van der Waals surface area contributed by atoms with Crippen molar-refractivity contribution in [2.45, 2.75) is 63.0 Å². The lowest BCUT2D eigenvalue weighted by Crippen LogP contribution is -2.51. The Bertz CT molecular complexity index is 747. The first-order chi connectivity index (χ1) is 12.0. The Labute approximate surface area is 151 Å². The van der Waals surface area contributed by atoms with Gasteiger partial charge in [0, 0.05) is 22.1 Å². The molecule has 1 unspecified atom stereocenters. The first kappa shape index (κ1) is 17.0. The van der Waals surface area contributed by atoms with Gasteiger partial charge in [0.1, 0.15) is 5.72 Å². The Morgan fingerprint density at radius 3 is 2.52 bits per heavy atom. The molecule has 5 heteroatoms. The van der Waals surface area contributed by atoms with Gasteiger partial charge >= 0.3 is 0 Å². The van der Waals surface area contributed by atoms with Gasteiger partial charge < -0.3 is 4.74 Å². The first-order valence-electron chi connectivity index (χ1n) is 9.20. The van der Waals surface area contributed by atoms with E-state index < -0.39 is 16.5 Å². The van der Waals surface area contributed by atoms with Crippen LogP contribution in [0.2, 0.25) is 0 Å². The molecule has 2 heterocycles. The Morgan fingerprint density at radius 2 is 1.84 bits per heavy atom. The summed E-state index contributed by atoms with van der Waals surface area (Å²) in [6.45, 7) is 4.44. The summed E-state index contributed by atoms with van der Waals surface area (Å²) in [6, 6.07) is 7.84. The highest BCUT2D eigenvalue weighted by Gasteiger charge is 2.52. The van der Waals surface area contributed by atoms with Crippen molar-refractivity contribution in [3.8, 4) is 0 Å². The lowest BCUT2D eigenvalue weighted by molar-refractivity contribution is -0.154. The largest absolute Gasteiger partial charge is 0.349 e. The fraction of sp³-hybridized carbons (Fsp3) is 0.550. The number of allylic oxidation sites excluding steroid dienone is 1. The molecule has 25 heavy (non-hydrogen) atoms. The standard InChI is InChI=1S/C20H25NO3S/c1-14-6-8-16(9-7-14)25(23)19-15(2)12-18(22)21-17(19)13-24-20(21)10-4-3-5-11-20/h6-9,15H,3-5,10-13H2,1-2H3/t15-,25?/m1/s1. The molecule has 3 aliphatic rings. The second-order valence-electron chi connectivity index (χ2n) is 7.52. The minimum atomic E-state index is -1.25. The predicted molar refractivity (Wildman–Crippen MR) is 97.0 cm³/mol. The molecule has 1 saturated carbocycles. The SMILES string of the molecule is Cc1ccc(S(=O)C2=C3COC4(CCCCC4)N3C(=O)C[C@H]2C)cc1. The Morgan fingerprint density at radius 1 is 1.16 bits per heavy atom. The van der Waals surface area contributed by atoms with E-state index in [0.29, 0.717) is 13.0 Å². The van der Waals surface area contributed by atoms with Gasteiger partial charge in [0.25, 0.3) is 0 Å². The highest BCUT2D eigenvalue weighted by atomic mass is 32.2. The van der Waals surface area contributed by atoms with Crippen molar-refractivity contribution in [1.29, 1.82) is 0 Å². The summed E-state index contributed by atoms with van der Waals surface area (Å²) in [5.74, 6) is 0.120. The molecule has 1 aliphatic carbocycles.